The molecule has 1 saturated heterocycles. The maximum absolute atomic E-state index is 4.60. The van der Waals surface area contributed by atoms with E-state index in [4.69, 9.17) is 0 Å². The van der Waals surface area contributed by atoms with Gasteiger partial charge in [-0.25, -0.2) is 4.98 Å². The van der Waals surface area contributed by atoms with Gasteiger partial charge in [-0.05, 0) is 20.9 Å². The third kappa shape index (κ3) is 2.56. The Bertz CT molecular complexity index is 315. The van der Waals surface area contributed by atoms with Crippen LogP contribution in [0.25, 0.3) is 0 Å². The van der Waals surface area contributed by atoms with E-state index in [9.17, 15) is 0 Å². The van der Waals surface area contributed by atoms with E-state index in [0.29, 0.717) is 6.04 Å². The molecule has 1 aliphatic rings. The number of likely N-dealkylation sites (N-methyl/N-ethyl adjacent to an activating group) is 1. The van der Waals surface area contributed by atoms with Crippen molar-refractivity contribution in [2.24, 2.45) is 0 Å². The van der Waals surface area contributed by atoms with Crippen LogP contribution in [0.3, 0.4) is 0 Å². The molecule has 1 unspecified atom stereocenters. The number of thiazole rings is 1. The molecule has 15 heavy (non-hydrogen) atoms. The smallest absolute Gasteiger partial charge is 0.0946 e. The monoisotopic (exact) mass is 225 g/mol. The Labute approximate surface area is 95.5 Å². The summed E-state index contributed by atoms with van der Waals surface area (Å²) in [4.78, 5) is 8.39. The van der Waals surface area contributed by atoms with Gasteiger partial charge in [-0.1, -0.05) is 0 Å². The Morgan fingerprint density at radius 1 is 1.53 bits per heavy atom. The normalized spacial score (nSPS) is 23.3. The molecule has 3 nitrogen and oxygen atoms in total. The van der Waals surface area contributed by atoms with Crippen LogP contribution in [-0.2, 0) is 6.42 Å². The molecule has 0 radical (unpaired) electrons. The van der Waals surface area contributed by atoms with Crippen molar-refractivity contribution in [2.45, 2.75) is 26.3 Å². The number of rotatable bonds is 2. The van der Waals surface area contributed by atoms with Gasteiger partial charge in [0.1, 0.15) is 0 Å². The van der Waals surface area contributed by atoms with E-state index in [1.807, 2.05) is 11.3 Å². The lowest BCUT2D eigenvalue weighted by atomic mass is 10.1. The van der Waals surface area contributed by atoms with Crippen LogP contribution in [0.5, 0.6) is 0 Å². The van der Waals surface area contributed by atoms with Gasteiger partial charge >= 0.3 is 0 Å². The summed E-state index contributed by atoms with van der Waals surface area (Å²) in [6, 6.07) is 0.615. The predicted octanol–water partition coefficient (Wildman–Crippen LogP) is 1.21. The maximum atomic E-state index is 4.60. The first kappa shape index (κ1) is 11.0. The van der Waals surface area contributed by atoms with Gasteiger partial charge in [-0.15, -0.1) is 11.3 Å². The van der Waals surface area contributed by atoms with Gasteiger partial charge in [-0.3, -0.25) is 0 Å². The molecule has 2 heterocycles. The molecule has 0 aliphatic carbocycles. The summed E-state index contributed by atoms with van der Waals surface area (Å²) >= 11 is 1.84. The SMILES string of the molecule is Cc1nc(CC2CNCCN2C)sc1C. The molecular formula is C11H19N3S. The number of hydrogen-bond acceptors (Lipinski definition) is 4. The van der Waals surface area contributed by atoms with Crippen molar-refractivity contribution in [3.63, 3.8) is 0 Å². The molecule has 0 bridgehead atoms. The maximum Gasteiger partial charge on any atom is 0.0946 e. The van der Waals surface area contributed by atoms with Crippen LogP contribution in [-0.4, -0.2) is 42.6 Å². The Kier molecular flexibility index (Phi) is 3.38. The van der Waals surface area contributed by atoms with E-state index in [2.05, 4.69) is 36.1 Å². The van der Waals surface area contributed by atoms with Gasteiger partial charge in [-0.2, -0.15) is 0 Å². The van der Waals surface area contributed by atoms with Crippen molar-refractivity contribution < 1.29 is 0 Å². The van der Waals surface area contributed by atoms with E-state index >= 15 is 0 Å². The second-order valence-corrected chi connectivity index (χ2v) is 5.58. The molecule has 0 aromatic carbocycles. The zero-order valence-electron chi connectivity index (χ0n) is 9.71. The first-order valence-electron chi connectivity index (χ1n) is 5.50. The van der Waals surface area contributed by atoms with Crippen LogP contribution in [0.2, 0.25) is 0 Å². The Morgan fingerprint density at radius 2 is 2.33 bits per heavy atom. The molecule has 1 N–H and O–H groups in total. The minimum atomic E-state index is 0.615. The van der Waals surface area contributed by atoms with Crippen LogP contribution in [0.1, 0.15) is 15.6 Å². The lowest BCUT2D eigenvalue weighted by molar-refractivity contribution is 0.199. The first-order valence-corrected chi connectivity index (χ1v) is 6.32. The van der Waals surface area contributed by atoms with Crippen LogP contribution in [0, 0.1) is 13.8 Å². The fourth-order valence-electron chi connectivity index (χ4n) is 1.92. The van der Waals surface area contributed by atoms with Crippen molar-refractivity contribution in [3.8, 4) is 0 Å². The number of nitrogens with one attached hydrogen (secondary N) is 1. The highest BCUT2D eigenvalue weighted by Crippen LogP contribution is 2.19. The summed E-state index contributed by atoms with van der Waals surface area (Å²) in [6.45, 7) is 7.60. The zero-order valence-corrected chi connectivity index (χ0v) is 10.5. The Morgan fingerprint density at radius 3 is 2.93 bits per heavy atom. The third-order valence-corrected chi connectivity index (χ3v) is 4.22. The minimum absolute atomic E-state index is 0.615. The predicted molar refractivity (Wildman–Crippen MR) is 64.6 cm³/mol. The topological polar surface area (TPSA) is 28.2 Å². The highest BCUT2D eigenvalue weighted by Gasteiger charge is 2.20. The summed E-state index contributed by atoms with van der Waals surface area (Å²) in [5.41, 5.74) is 1.20. The summed E-state index contributed by atoms with van der Waals surface area (Å²) < 4.78 is 0. The van der Waals surface area contributed by atoms with Crippen LogP contribution >= 0.6 is 11.3 Å². The molecule has 84 valence electrons. The molecule has 0 amide bonds. The van der Waals surface area contributed by atoms with Gasteiger partial charge in [0.05, 0.1) is 10.7 Å². The lowest BCUT2D eigenvalue weighted by Crippen LogP contribution is -2.50. The molecule has 0 spiro atoms. The van der Waals surface area contributed by atoms with Gasteiger partial charge in [0.15, 0.2) is 0 Å². The molecule has 1 aromatic rings. The largest absolute Gasteiger partial charge is 0.314 e. The average Bonchev–Trinajstić information content (AvgIpc) is 2.50. The molecule has 1 fully saturated rings. The van der Waals surface area contributed by atoms with Gasteiger partial charge in [0.25, 0.3) is 0 Å². The van der Waals surface area contributed by atoms with Crippen LogP contribution in [0.4, 0.5) is 0 Å². The summed E-state index contributed by atoms with van der Waals surface area (Å²) in [5.74, 6) is 0. The quantitative estimate of drug-likeness (QED) is 0.820. The van der Waals surface area contributed by atoms with Crippen LogP contribution < -0.4 is 5.32 Å². The van der Waals surface area contributed by atoms with E-state index in [-0.39, 0.29) is 0 Å². The number of piperazine rings is 1. The fourth-order valence-corrected chi connectivity index (χ4v) is 2.92. The molecule has 0 saturated carbocycles. The second-order valence-electron chi connectivity index (χ2n) is 4.29. The van der Waals surface area contributed by atoms with Gasteiger partial charge in [0.2, 0.25) is 0 Å². The van der Waals surface area contributed by atoms with Crippen molar-refractivity contribution in [1.29, 1.82) is 0 Å². The molecule has 1 atom stereocenters. The molecule has 2 rings (SSSR count). The Hall–Kier alpha value is -0.450. The molecule has 1 aromatic heterocycles. The number of hydrogen-bond donors (Lipinski definition) is 1. The zero-order chi connectivity index (χ0) is 10.8. The summed E-state index contributed by atoms with van der Waals surface area (Å²) in [7, 11) is 2.21. The van der Waals surface area contributed by atoms with Crippen LogP contribution in [0.15, 0.2) is 0 Å². The van der Waals surface area contributed by atoms with E-state index in [0.717, 1.165) is 26.1 Å². The number of nitrogens with zero attached hydrogens (tertiary/aromatic N) is 2. The highest BCUT2D eigenvalue weighted by atomic mass is 32.1. The molecular weight excluding hydrogens is 206 g/mol. The van der Waals surface area contributed by atoms with Crippen molar-refractivity contribution in [2.75, 3.05) is 26.7 Å². The minimum Gasteiger partial charge on any atom is -0.314 e. The fraction of sp³-hybridized carbons (Fsp3) is 0.727. The second kappa shape index (κ2) is 4.60. The van der Waals surface area contributed by atoms with E-state index < -0.39 is 0 Å². The highest BCUT2D eigenvalue weighted by molar-refractivity contribution is 7.11. The number of aromatic nitrogens is 1. The lowest BCUT2D eigenvalue weighted by Gasteiger charge is -2.32. The van der Waals surface area contributed by atoms with Crippen molar-refractivity contribution >= 4 is 11.3 Å². The first-order chi connectivity index (χ1) is 7.16. The third-order valence-electron chi connectivity index (χ3n) is 3.13. The average molecular weight is 225 g/mol. The summed E-state index contributed by atoms with van der Waals surface area (Å²) in [5, 5.41) is 4.73. The molecule has 4 heteroatoms. The standard InChI is InChI=1S/C11H19N3S/c1-8-9(2)15-11(13-8)6-10-7-12-4-5-14(10)3/h10,12H,4-7H2,1-3H3. The van der Waals surface area contributed by atoms with Gasteiger partial charge in [0, 0.05) is 37.0 Å². The van der Waals surface area contributed by atoms with Crippen molar-refractivity contribution in [3.05, 3.63) is 15.6 Å². The molecule has 1 aliphatic heterocycles. The number of aryl methyl sites for hydroxylation is 2. The van der Waals surface area contributed by atoms with Gasteiger partial charge < -0.3 is 10.2 Å². The Balaban J connectivity index is 2.01. The van der Waals surface area contributed by atoms with E-state index in [1.165, 1.54) is 15.6 Å². The summed E-state index contributed by atoms with van der Waals surface area (Å²) in [6.07, 6.45) is 1.09. The van der Waals surface area contributed by atoms with E-state index in [1.54, 1.807) is 0 Å². The van der Waals surface area contributed by atoms with Crippen molar-refractivity contribution in [1.82, 2.24) is 15.2 Å².